The van der Waals surface area contributed by atoms with Crippen LogP contribution in [-0.2, 0) is 10.0 Å². The van der Waals surface area contributed by atoms with Crippen LogP contribution in [-0.4, -0.2) is 26.5 Å². The normalized spacial score (nSPS) is 17.6. The Bertz CT molecular complexity index is 497. The van der Waals surface area contributed by atoms with Gasteiger partial charge in [-0.3, -0.25) is 0 Å². The summed E-state index contributed by atoms with van der Waals surface area (Å²) in [6.45, 7) is 0.813. The summed E-state index contributed by atoms with van der Waals surface area (Å²) >= 11 is 1.98. The summed E-state index contributed by atoms with van der Waals surface area (Å²) < 4.78 is 22.9. The van der Waals surface area contributed by atoms with Gasteiger partial charge in [0.2, 0.25) is 10.0 Å². The van der Waals surface area contributed by atoms with Gasteiger partial charge in [-0.05, 0) is 42.4 Å². The van der Waals surface area contributed by atoms with Gasteiger partial charge in [0.05, 0.1) is 5.69 Å². The Morgan fingerprint density at radius 3 is 2.61 bits per heavy atom. The van der Waals surface area contributed by atoms with Gasteiger partial charge in [0, 0.05) is 6.54 Å². The average molecular weight is 286 g/mol. The average Bonchev–Trinajstić information content (AvgIpc) is 2.37. The predicted octanol–water partition coefficient (Wildman–Crippen LogP) is 1.89. The van der Waals surface area contributed by atoms with E-state index in [-0.39, 0.29) is 4.90 Å². The number of hydrogen-bond acceptors (Lipinski definition) is 4. The van der Waals surface area contributed by atoms with E-state index in [2.05, 4.69) is 5.32 Å². The van der Waals surface area contributed by atoms with Crippen LogP contribution in [0.4, 0.5) is 5.69 Å². The van der Waals surface area contributed by atoms with Crippen molar-refractivity contribution in [1.29, 1.82) is 0 Å². The first kappa shape index (κ1) is 13.7. The summed E-state index contributed by atoms with van der Waals surface area (Å²) in [4.78, 5) is 0.176. The molecule has 0 atom stereocenters. The monoisotopic (exact) mass is 286 g/mol. The second-order valence-electron chi connectivity index (χ2n) is 4.48. The Kier molecular flexibility index (Phi) is 4.53. The van der Waals surface area contributed by atoms with Crippen LogP contribution >= 0.6 is 11.8 Å². The van der Waals surface area contributed by atoms with E-state index in [9.17, 15) is 8.42 Å². The molecule has 1 saturated heterocycles. The molecule has 18 heavy (non-hydrogen) atoms. The van der Waals surface area contributed by atoms with Crippen LogP contribution in [0.2, 0.25) is 0 Å². The molecule has 1 heterocycles. The molecular formula is C12H18N2O2S2. The van der Waals surface area contributed by atoms with Crippen LogP contribution in [0.1, 0.15) is 12.8 Å². The maximum atomic E-state index is 11.4. The first-order chi connectivity index (χ1) is 8.57. The van der Waals surface area contributed by atoms with Gasteiger partial charge in [-0.15, -0.1) is 0 Å². The number of hydrogen-bond donors (Lipinski definition) is 2. The van der Waals surface area contributed by atoms with Crippen LogP contribution in [0.25, 0.3) is 0 Å². The van der Waals surface area contributed by atoms with Crippen molar-refractivity contribution in [3.63, 3.8) is 0 Å². The zero-order valence-corrected chi connectivity index (χ0v) is 11.8. The van der Waals surface area contributed by atoms with E-state index in [1.54, 1.807) is 12.1 Å². The zero-order chi connectivity index (χ0) is 13.0. The molecule has 0 saturated carbocycles. The first-order valence-corrected chi connectivity index (χ1v) is 8.71. The molecule has 1 aliphatic heterocycles. The van der Waals surface area contributed by atoms with Gasteiger partial charge in [-0.2, -0.15) is 11.8 Å². The summed E-state index contributed by atoms with van der Waals surface area (Å²) in [5.74, 6) is 3.02. The fourth-order valence-corrected chi connectivity index (χ4v) is 3.98. The lowest BCUT2D eigenvalue weighted by Crippen LogP contribution is -2.21. The maximum Gasteiger partial charge on any atom is 0.240 e. The second kappa shape index (κ2) is 5.95. The van der Waals surface area contributed by atoms with Crippen molar-refractivity contribution in [3.8, 4) is 0 Å². The SMILES string of the molecule is NS(=O)(=O)c1ccccc1NCC1CCSCC1. The zero-order valence-electron chi connectivity index (χ0n) is 10.1. The quantitative estimate of drug-likeness (QED) is 0.886. The number of anilines is 1. The summed E-state index contributed by atoms with van der Waals surface area (Å²) in [7, 11) is -3.65. The van der Waals surface area contributed by atoms with Gasteiger partial charge in [-0.25, -0.2) is 13.6 Å². The lowest BCUT2D eigenvalue weighted by molar-refractivity contribution is 0.515. The molecule has 6 heteroatoms. The number of nitrogens with two attached hydrogens (primary N) is 1. The van der Waals surface area contributed by atoms with Crippen molar-refractivity contribution in [3.05, 3.63) is 24.3 Å². The topological polar surface area (TPSA) is 72.2 Å². The third kappa shape index (κ3) is 3.63. The summed E-state index contributed by atoms with van der Waals surface area (Å²) in [6.07, 6.45) is 2.38. The van der Waals surface area contributed by atoms with Gasteiger partial charge in [0.15, 0.2) is 0 Å². The van der Waals surface area contributed by atoms with Crippen molar-refractivity contribution >= 4 is 27.5 Å². The lowest BCUT2D eigenvalue weighted by atomic mass is 10.0. The van der Waals surface area contributed by atoms with Crippen molar-refractivity contribution in [1.82, 2.24) is 0 Å². The smallest absolute Gasteiger partial charge is 0.240 e. The van der Waals surface area contributed by atoms with Crippen LogP contribution in [0.3, 0.4) is 0 Å². The molecule has 4 nitrogen and oxygen atoms in total. The minimum atomic E-state index is -3.65. The Hall–Kier alpha value is -0.720. The minimum absolute atomic E-state index is 0.176. The van der Waals surface area contributed by atoms with Crippen LogP contribution < -0.4 is 10.5 Å². The van der Waals surface area contributed by atoms with E-state index < -0.39 is 10.0 Å². The first-order valence-electron chi connectivity index (χ1n) is 6.01. The number of rotatable bonds is 4. The van der Waals surface area contributed by atoms with Crippen LogP contribution in [0, 0.1) is 5.92 Å². The highest BCUT2D eigenvalue weighted by molar-refractivity contribution is 7.99. The van der Waals surface area contributed by atoms with E-state index in [1.165, 1.54) is 30.4 Å². The molecule has 2 rings (SSSR count). The van der Waals surface area contributed by atoms with Gasteiger partial charge in [-0.1, -0.05) is 12.1 Å². The molecule has 0 unspecified atom stereocenters. The fourth-order valence-electron chi connectivity index (χ4n) is 2.07. The Morgan fingerprint density at radius 2 is 1.94 bits per heavy atom. The molecule has 100 valence electrons. The summed E-state index contributed by atoms with van der Waals surface area (Å²) in [6, 6.07) is 6.79. The van der Waals surface area contributed by atoms with Crippen LogP contribution in [0.15, 0.2) is 29.2 Å². The molecule has 1 aromatic carbocycles. The molecule has 0 spiro atoms. The second-order valence-corrected chi connectivity index (χ2v) is 7.23. The van der Waals surface area contributed by atoms with E-state index in [0.29, 0.717) is 11.6 Å². The highest BCUT2D eigenvalue weighted by Gasteiger charge is 2.16. The molecule has 0 aromatic heterocycles. The third-order valence-corrected chi connectivity index (χ3v) is 5.13. The van der Waals surface area contributed by atoms with Gasteiger partial charge < -0.3 is 5.32 Å². The molecule has 0 amide bonds. The van der Waals surface area contributed by atoms with E-state index in [4.69, 9.17) is 5.14 Å². The van der Waals surface area contributed by atoms with Crippen molar-refractivity contribution in [2.75, 3.05) is 23.4 Å². The maximum absolute atomic E-state index is 11.4. The number of benzene rings is 1. The predicted molar refractivity (Wildman–Crippen MR) is 76.4 cm³/mol. The number of nitrogens with one attached hydrogen (secondary N) is 1. The fraction of sp³-hybridized carbons (Fsp3) is 0.500. The molecule has 3 N–H and O–H groups in total. The van der Waals surface area contributed by atoms with Crippen molar-refractivity contribution in [2.45, 2.75) is 17.7 Å². The van der Waals surface area contributed by atoms with Crippen LogP contribution in [0.5, 0.6) is 0 Å². The lowest BCUT2D eigenvalue weighted by Gasteiger charge is -2.22. The number of para-hydroxylation sites is 1. The van der Waals surface area contributed by atoms with Gasteiger partial charge >= 0.3 is 0 Å². The molecular weight excluding hydrogens is 268 g/mol. The Labute approximate surface area is 112 Å². The minimum Gasteiger partial charge on any atom is -0.384 e. The summed E-state index contributed by atoms with van der Waals surface area (Å²) in [5.41, 5.74) is 0.609. The third-order valence-electron chi connectivity index (χ3n) is 3.12. The van der Waals surface area contributed by atoms with Crippen molar-refractivity contribution in [2.24, 2.45) is 11.1 Å². The van der Waals surface area contributed by atoms with E-state index in [1.807, 2.05) is 17.8 Å². The van der Waals surface area contributed by atoms with Gasteiger partial charge in [0.1, 0.15) is 4.90 Å². The van der Waals surface area contributed by atoms with Gasteiger partial charge in [0.25, 0.3) is 0 Å². The number of sulfonamides is 1. The number of primary sulfonamides is 1. The highest BCUT2D eigenvalue weighted by atomic mass is 32.2. The Balaban J connectivity index is 2.05. The van der Waals surface area contributed by atoms with E-state index >= 15 is 0 Å². The summed E-state index contributed by atoms with van der Waals surface area (Å²) in [5, 5.41) is 8.42. The number of thioether (sulfide) groups is 1. The van der Waals surface area contributed by atoms with Crippen molar-refractivity contribution < 1.29 is 8.42 Å². The molecule has 1 fully saturated rings. The highest BCUT2D eigenvalue weighted by Crippen LogP contribution is 2.24. The molecule has 1 aromatic rings. The molecule has 0 aliphatic carbocycles. The molecule has 0 radical (unpaired) electrons. The standard InChI is InChI=1S/C12H18N2O2S2/c13-18(15,16)12-4-2-1-3-11(12)14-9-10-5-7-17-8-6-10/h1-4,10,14H,5-9H2,(H2,13,15,16). The largest absolute Gasteiger partial charge is 0.384 e. The van der Waals surface area contributed by atoms with E-state index in [0.717, 1.165) is 6.54 Å². The molecule has 0 bridgehead atoms. The Morgan fingerprint density at radius 1 is 1.28 bits per heavy atom. The molecule has 1 aliphatic rings.